The molecule has 4 rings (SSSR count). The number of carbonyl (C=O) groups is 2. The Labute approximate surface area is 183 Å². The molecule has 0 atom stereocenters. The molecule has 1 heterocycles. The third-order valence-corrected chi connectivity index (χ3v) is 4.94. The van der Waals surface area contributed by atoms with Crippen LogP contribution < -0.4 is 10.6 Å². The molecule has 0 bridgehead atoms. The highest BCUT2D eigenvalue weighted by Gasteiger charge is 2.29. The molecule has 3 aromatic carbocycles. The van der Waals surface area contributed by atoms with Gasteiger partial charge in [-0.3, -0.25) is 14.9 Å². The van der Waals surface area contributed by atoms with Crippen LogP contribution in [0.15, 0.2) is 72.8 Å². The number of nitrogens with one attached hydrogen (secondary N) is 2. The molecule has 0 fully saturated rings. The van der Waals surface area contributed by atoms with Crippen molar-refractivity contribution in [3.8, 4) is 0 Å². The predicted molar refractivity (Wildman–Crippen MR) is 121 cm³/mol. The van der Waals surface area contributed by atoms with Crippen molar-refractivity contribution in [3.05, 3.63) is 99.6 Å². The molecule has 8 heteroatoms. The van der Waals surface area contributed by atoms with Crippen LogP contribution >= 0.6 is 0 Å². The lowest BCUT2D eigenvalue weighted by Crippen LogP contribution is -2.10. The lowest BCUT2D eigenvalue weighted by molar-refractivity contribution is -0.384. The lowest BCUT2D eigenvalue weighted by Gasteiger charge is -2.14. The number of ether oxygens (including phenoxy) is 1. The first-order valence-corrected chi connectivity index (χ1v) is 9.92. The van der Waals surface area contributed by atoms with E-state index in [0.717, 1.165) is 5.56 Å². The van der Waals surface area contributed by atoms with Gasteiger partial charge in [-0.25, -0.2) is 4.79 Å². The van der Waals surface area contributed by atoms with Crippen LogP contribution in [0.5, 0.6) is 0 Å². The summed E-state index contributed by atoms with van der Waals surface area (Å²) in [7, 11) is 0. The summed E-state index contributed by atoms with van der Waals surface area (Å²) in [4.78, 5) is 35.5. The number of nitro groups is 1. The second-order valence-electron chi connectivity index (χ2n) is 6.98. The molecule has 2 N–H and O–H groups in total. The van der Waals surface area contributed by atoms with Crippen molar-refractivity contribution >= 4 is 40.2 Å². The van der Waals surface area contributed by atoms with Gasteiger partial charge in [-0.05, 0) is 36.8 Å². The van der Waals surface area contributed by atoms with Gasteiger partial charge < -0.3 is 15.4 Å². The average Bonchev–Trinajstić information content (AvgIpc) is 3.13. The number of benzene rings is 3. The van der Waals surface area contributed by atoms with Crippen molar-refractivity contribution in [2.45, 2.75) is 6.92 Å². The minimum absolute atomic E-state index is 0.0279. The average molecular weight is 429 g/mol. The first-order valence-electron chi connectivity index (χ1n) is 9.92. The van der Waals surface area contributed by atoms with E-state index in [4.69, 9.17) is 4.74 Å². The Balaban J connectivity index is 1.80. The highest BCUT2D eigenvalue weighted by Crippen LogP contribution is 2.38. The Morgan fingerprint density at radius 2 is 1.75 bits per heavy atom. The number of hydrogen-bond acceptors (Lipinski definition) is 6. The van der Waals surface area contributed by atoms with Gasteiger partial charge in [0.15, 0.2) is 0 Å². The Morgan fingerprint density at radius 1 is 1.03 bits per heavy atom. The van der Waals surface area contributed by atoms with Crippen molar-refractivity contribution in [2.75, 3.05) is 17.2 Å². The molecule has 1 amide bonds. The van der Waals surface area contributed by atoms with Crippen LogP contribution in [0.2, 0.25) is 0 Å². The zero-order chi connectivity index (χ0) is 22.7. The van der Waals surface area contributed by atoms with Crippen LogP contribution in [0.1, 0.15) is 28.4 Å². The number of carbonyl (C=O) groups excluding carboxylic acids is 2. The van der Waals surface area contributed by atoms with Gasteiger partial charge in [-0.1, -0.05) is 36.4 Å². The fourth-order valence-corrected chi connectivity index (χ4v) is 3.46. The van der Waals surface area contributed by atoms with Crippen molar-refractivity contribution in [2.24, 2.45) is 0 Å². The van der Waals surface area contributed by atoms with E-state index in [-0.39, 0.29) is 18.2 Å². The monoisotopic (exact) mass is 429 g/mol. The zero-order valence-electron chi connectivity index (χ0n) is 17.1. The maximum Gasteiger partial charge on any atom is 0.338 e. The molecule has 0 aromatic heterocycles. The topological polar surface area (TPSA) is 111 Å². The molecule has 0 unspecified atom stereocenters. The number of rotatable bonds is 6. The number of nitro benzene ring substituents is 1. The Hall–Kier alpha value is -4.46. The molecule has 0 spiro atoms. The maximum absolute atomic E-state index is 13.0. The first-order chi connectivity index (χ1) is 15.5. The maximum atomic E-state index is 13.0. The van der Waals surface area contributed by atoms with E-state index < -0.39 is 10.9 Å². The summed E-state index contributed by atoms with van der Waals surface area (Å²) in [6.07, 6.45) is 0. The standard InChI is InChI=1S/C24H19N3O5/c1-2-32-24(29)16-8-13-19-20(14-16)26-23(28)21(19)22(15-6-4-3-5-7-15)25-17-9-11-18(12-10-17)27(30)31/h3-14,25H,2H2,1H3,(H,26,28). The number of esters is 1. The summed E-state index contributed by atoms with van der Waals surface area (Å²) in [5.41, 5.74) is 3.76. The van der Waals surface area contributed by atoms with Crippen LogP contribution in [-0.4, -0.2) is 23.4 Å². The van der Waals surface area contributed by atoms with E-state index in [9.17, 15) is 19.7 Å². The molecule has 8 nitrogen and oxygen atoms in total. The Kier molecular flexibility index (Phi) is 5.67. The summed E-state index contributed by atoms with van der Waals surface area (Å²) in [6.45, 7) is 1.98. The largest absolute Gasteiger partial charge is 0.462 e. The number of amides is 1. The summed E-state index contributed by atoms with van der Waals surface area (Å²) < 4.78 is 5.04. The van der Waals surface area contributed by atoms with Crippen LogP contribution in [0.25, 0.3) is 11.3 Å². The first kappa shape index (κ1) is 20.8. The highest BCUT2D eigenvalue weighted by atomic mass is 16.6. The van der Waals surface area contributed by atoms with Gasteiger partial charge in [0, 0.05) is 23.4 Å². The Morgan fingerprint density at radius 3 is 2.41 bits per heavy atom. The number of non-ortho nitro benzene ring substituents is 1. The molecular formula is C24H19N3O5. The van der Waals surface area contributed by atoms with E-state index in [1.54, 1.807) is 37.3 Å². The lowest BCUT2D eigenvalue weighted by atomic mass is 9.99. The number of hydrogen-bond donors (Lipinski definition) is 2. The van der Waals surface area contributed by atoms with Gasteiger partial charge in [0.25, 0.3) is 11.6 Å². The smallest absolute Gasteiger partial charge is 0.338 e. The molecule has 1 aliphatic rings. The van der Waals surface area contributed by atoms with Gasteiger partial charge in [0.2, 0.25) is 0 Å². The number of fused-ring (bicyclic) bond motifs is 1. The molecule has 32 heavy (non-hydrogen) atoms. The van der Waals surface area contributed by atoms with Crippen LogP contribution in [-0.2, 0) is 9.53 Å². The number of nitrogens with zero attached hydrogens (tertiary/aromatic N) is 1. The van der Waals surface area contributed by atoms with Gasteiger partial charge >= 0.3 is 5.97 Å². The second-order valence-corrected chi connectivity index (χ2v) is 6.98. The summed E-state index contributed by atoms with van der Waals surface area (Å²) >= 11 is 0. The fraction of sp³-hybridized carbons (Fsp3) is 0.0833. The molecule has 3 aromatic rings. The van der Waals surface area contributed by atoms with E-state index in [2.05, 4.69) is 10.6 Å². The van der Waals surface area contributed by atoms with Crippen molar-refractivity contribution in [3.63, 3.8) is 0 Å². The predicted octanol–water partition coefficient (Wildman–Crippen LogP) is 4.70. The number of anilines is 2. The molecule has 0 aliphatic carbocycles. The molecule has 0 saturated carbocycles. The van der Waals surface area contributed by atoms with Crippen molar-refractivity contribution in [1.82, 2.24) is 0 Å². The van der Waals surface area contributed by atoms with Gasteiger partial charge in [0.1, 0.15) is 0 Å². The van der Waals surface area contributed by atoms with Crippen molar-refractivity contribution < 1.29 is 19.2 Å². The van der Waals surface area contributed by atoms with E-state index in [0.29, 0.717) is 33.8 Å². The van der Waals surface area contributed by atoms with Crippen LogP contribution in [0, 0.1) is 10.1 Å². The third-order valence-electron chi connectivity index (χ3n) is 4.94. The summed E-state index contributed by atoms with van der Waals surface area (Å²) in [6, 6.07) is 20.2. The minimum atomic E-state index is -0.470. The highest BCUT2D eigenvalue weighted by molar-refractivity contribution is 6.37. The zero-order valence-corrected chi connectivity index (χ0v) is 17.1. The second kappa shape index (κ2) is 8.73. The SMILES string of the molecule is CCOC(=O)c1ccc2c(c1)NC(=O)C2=C(Nc1ccc([N+](=O)[O-])cc1)c1ccccc1. The molecular weight excluding hydrogens is 410 g/mol. The van der Waals surface area contributed by atoms with E-state index in [1.165, 1.54) is 12.1 Å². The van der Waals surface area contributed by atoms with Gasteiger partial charge in [0.05, 0.1) is 34.1 Å². The van der Waals surface area contributed by atoms with E-state index in [1.807, 2.05) is 30.3 Å². The molecule has 0 saturated heterocycles. The minimum Gasteiger partial charge on any atom is -0.462 e. The van der Waals surface area contributed by atoms with Gasteiger partial charge in [-0.15, -0.1) is 0 Å². The summed E-state index contributed by atoms with van der Waals surface area (Å²) in [5.74, 6) is -0.788. The molecule has 160 valence electrons. The van der Waals surface area contributed by atoms with E-state index >= 15 is 0 Å². The molecule has 1 aliphatic heterocycles. The van der Waals surface area contributed by atoms with Gasteiger partial charge in [-0.2, -0.15) is 0 Å². The van der Waals surface area contributed by atoms with Crippen molar-refractivity contribution in [1.29, 1.82) is 0 Å². The fourth-order valence-electron chi connectivity index (χ4n) is 3.46. The van der Waals surface area contributed by atoms with Crippen LogP contribution in [0.3, 0.4) is 0 Å². The third kappa shape index (κ3) is 4.06. The Bertz CT molecular complexity index is 1230. The summed E-state index contributed by atoms with van der Waals surface area (Å²) in [5, 5.41) is 17.0. The quantitative estimate of drug-likeness (QED) is 0.254. The normalized spacial score (nSPS) is 13.7. The molecule has 0 radical (unpaired) electrons. The van der Waals surface area contributed by atoms with Crippen LogP contribution in [0.4, 0.5) is 17.1 Å².